The average Bonchev–Trinajstić information content (AvgIpc) is 2.95. The summed E-state index contributed by atoms with van der Waals surface area (Å²) >= 11 is 0. The molecule has 2 heterocycles. The molecule has 5 nitrogen and oxygen atoms in total. The van der Waals surface area contributed by atoms with Crippen LogP contribution < -0.4 is 5.32 Å². The number of likely N-dealkylation sites (tertiary alicyclic amines) is 1. The van der Waals surface area contributed by atoms with Gasteiger partial charge in [-0.25, -0.2) is 0 Å². The Hall–Kier alpha value is -2.30. The number of piperidine rings is 1. The van der Waals surface area contributed by atoms with Gasteiger partial charge in [0.15, 0.2) is 5.76 Å². The summed E-state index contributed by atoms with van der Waals surface area (Å²) in [7, 11) is 0. The SMILES string of the molecule is CC(=O)NCCC1CCCCN1C(=O)c1oc2c(C)c(C)ccc2c1C. The maximum absolute atomic E-state index is 13.2. The molecule has 1 aromatic carbocycles. The molecule has 2 aromatic rings. The molecule has 1 aliphatic heterocycles. The van der Waals surface area contributed by atoms with E-state index in [2.05, 4.69) is 18.3 Å². The van der Waals surface area contributed by atoms with Crippen LogP contribution in [0.2, 0.25) is 0 Å². The highest BCUT2D eigenvalue weighted by Gasteiger charge is 2.31. The molecule has 1 atom stereocenters. The fourth-order valence-electron chi connectivity index (χ4n) is 3.84. The van der Waals surface area contributed by atoms with Gasteiger partial charge in [-0.15, -0.1) is 0 Å². The first-order valence-corrected chi connectivity index (χ1v) is 9.45. The number of benzene rings is 1. The number of amides is 2. The van der Waals surface area contributed by atoms with E-state index in [-0.39, 0.29) is 17.9 Å². The zero-order valence-electron chi connectivity index (χ0n) is 16.1. The van der Waals surface area contributed by atoms with Crippen molar-refractivity contribution in [3.05, 3.63) is 34.6 Å². The first kappa shape index (κ1) is 18.5. The highest BCUT2D eigenvalue weighted by molar-refractivity contribution is 6.00. The van der Waals surface area contributed by atoms with E-state index in [1.807, 2.05) is 24.8 Å². The maximum Gasteiger partial charge on any atom is 0.290 e. The van der Waals surface area contributed by atoms with Crippen LogP contribution in [0.1, 0.15) is 59.9 Å². The largest absolute Gasteiger partial charge is 0.450 e. The molecular weight excluding hydrogens is 328 g/mol. The Balaban J connectivity index is 1.87. The molecule has 0 spiro atoms. The molecule has 2 amide bonds. The summed E-state index contributed by atoms with van der Waals surface area (Å²) in [6.07, 6.45) is 3.89. The highest BCUT2D eigenvalue weighted by Crippen LogP contribution is 2.31. The van der Waals surface area contributed by atoms with E-state index in [9.17, 15) is 9.59 Å². The van der Waals surface area contributed by atoms with Crippen LogP contribution >= 0.6 is 0 Å². The van der Waals surface area contributed by atoms with Crippen LogP contribution in [0.3, 0.4) is 0 Å². The second-order valence-electron chi connectivity index (χ2n) is 7.36. The van der Waals surface area contributed by atoms with E-state index in [4.69, 9.17) is 4.42 Å². The molecule has 1 aromatic heterocycles. The summed E-state index contributed by atoms with van der Waals surface area (Å²) in [6.45, 7) is 8.91. The fourth-order valence-corrected chi connectivity index (χ4v) is 3.84. The van der Waals surface area contributed by atoms with Gasteiger partial charge in [-0.3, -0.25) is 9.59 Å². The predicted octanol–water partition coefficient (Wildman–Crippen LogP) is 3.88. The van der Waals surface area contributed by atoms with Crippen molar-refractivity contribution >= 4 is 22.8 Å². The van der Waals surface area contributed by atoms with Gasteiger partial charge in [-0.05, 0) is 57.6 Å². The lowest BCUT2D eigenvalue weighted by molar-refractivity contribution is -0.119. The Bertz CT molecular complexity index is 837. The number of furan rings is 1. The van der Waals surface area contributed by atoms with Crippen LogP contribution in [-0.2, 0) is 4.79 Å². The second-order valence-corrected chi connectivity index (χ2v) is 7.36. The fraction of sp³-hybridized carbons (Fsp3) is 0.524. The summed E-state index contributed by atoms with van der Waals surface area (Å²) in [4.78, 5) is 26.3. The molecule has 0 radical (unpaired) electrons. The number of nitrogens with zero attached hydrogens (tertiary/aromatic N) is 1. The second kappa shape index (κ2) is 7.52. The monoisotopic (exact) mass is 356 g/mol. The van der Waals surface area contributed by atoms with Crippen molar-refractivity contribution in [1.82, 2.24) is 10.2 Å². The molecule has 3 rings (SSSR count). The Morgan fingerprint density at radius 2 is 1.96 bits per heavy atom. The summed E-state index contributed by atoms with van der Waals surface area (Å²) < 4.78 is 6.06. The molecule has 1 fully saturated rings. The molecule has 0 saturated carbocycles. The smallest absolute Gasteiger partial charge is 0.290 e. The van der Waals surface area contributed by atoms with Crippen molar-refractivity contribution in [1.29, 1.82) is 0 Å². The van der Waals surface area contributed by atoms with E-state index < -0.39 is 0 Å². The molecule has 140 valence electrons. The van der Waals surface area contributed by atoms with Gasteiger partial charge in [0.05, 0.1) is 0 Å². The van der Waals surface area contributed by atoms with Crippen LogP contribution in [0, 0.1) is 20.8 Å². The molecule has 1 saturated heterocycles. The van der Waals surface area contributed by atoms with Crippen LogP contribution in [-0.4, -0.2) is 35.8 Å². The third-order valence-corrected chi connectivity index (χ3v) is 5.56. The first-order chi connectivity index (χ1) is 12.4. The van der Waals surface area contributed by atoms with E-state index >= 15 is 0 Å². The standard InChI is InChI=1S/C21H28N2O3/c1-13-8-9-18-15(3)20(26-19(18)14(13)2)21(25)23-12-6-5-7-17(23)10-11-22-16(4)24/h8-9,17H,5-7,10-12H2,1-4H3,(H,22,24). The van der Waals surface area contributed by atoms with E-state index in [0.29, 0.717) is 12.3 Å². The average molecular weight is 356 g/mol. The number of aryl methyl sites for hydroxylation is 3. The number of rotatable bonds is 4. The minimum atomic E-state index is -0.0299. The Morgan fingerprint density at radius 1 is 1.19 bits per heavy atom. The highest BCUT2D eigenvalue weighted by atomic mass is 16.3. The lowest BCUT2D eigenvalue weighted by Crippen LogP contribution is -2.45. The zero-order chi connectivity index (χ0) is 18.8. The third-order valence-electron chi connectivity index (χ3n) is 5.56. The van der Waals surface area contributed by atoms with E-state index in [1.165, 1.54) is 6.92 Å². The van der Waals surface area contributed by atoms with Crippen molar-refractivity contribution in [2.45, 2.75) is 59.4 Å². The minimum absolute atomic E-state index is 0.0247. The van der Waals surface area contributed by atoms with Crippen molar-refractivity contribution in [3.8, 4) is 0 Å². The van der Waals surface area contributed by atoms with Gasteiger partial charge in [0.25, 0.3) is 5.91 Å². The van der Waals surface area contributed by atoms with Crippen LogP contribution in [0.15, 0.2) is 16.5 Å². The Morgan fingerprint density at radius 3 is 2.69 bits per heavy atom. The van der Waals surface area contributed by atoms with Gasteiger partial charge in [0.2, 0.25) is 5.91 Å². The van der Waals surface area contributed by atoms with Gasteiger partial charge in [-0.1, -0.05) is 12.1 Å². The molecule has 0 bridgehead atoms. The Kier molecular flexibility index (Phi) is 5.35. The molecular formula is C21H28N2O3. The number of carbonyl (C=O) groups is 2. The molecule has 0 aliphatic carbocycles. The predicted molar refractivity (Wildman–Crippen MR) is 102 cm³/mol. The van der Waals surface area contributed by atoms with Crippen molar-refractivity contribution in [3.63, 3.8) is 0 Å². The van der Waals surface area contributed by atoms with Crippen molar-refractivity contribution in [2.75, 3.05) is 13.1 Å². The topological polar surface area (TPSA) is 62.6 Å². The lowest BCUT2D eigenvalue weighted by Gasteiger charge is -2.35. The van der Waals surface area contributed by atoms with E-state index in [1.54, 1.807) is 0 Å². The first-order valence-electron chi connectivity index (χ1n) is 9.45. The Labute approximate surface area is 154 Å². The molecule has 1 unspecified atom stereocenters. The number of hydrogen-bond donors (Lipinski definition) is 1. The number of hydrogen-bond acceptors (Lipinski definition) is 3. The van der Waals surface area contributed by atoms with Crippen LogP contribution in [0.4, 0.5) is 0 Å². The quantitative estimate of drug-likeness (QED) is 0.904. The zero-order valence-corrected chi connectivity index (χ0v) is 16.1. The van der Waals surface area contributed by atoms with Crippen molar-refractivity contribution < 1.29 is 14.0 Å². The van der Waals surface area contributed by atoms with Crippen molar-refractivity contribution in [2.24, 2.45) is 0 Å². The van der Waals surface area contributed by atoms with Gasteiger partial charge < -0.3 is 14.6 Å². The maximum atomic E-state index is 13.2. The molecule has 1 aliphatic rings. The van der Waals surface area contributed by atoms with Gasteiger partial charge >= 0.3 is 0 Å². The van der Waals surface area contributed by atoms with Crippen LogP contribution in [0.25, 0.3) is 11.0 Å². The summed E-state index contributed by atoms with van der Waals surface area (Å²) in [5.41, 5.74) is 3.99. The summed E-state index contributed by atoms with van der Waals surface area (Å²) in [5, 5.41) is 3.86. The molecule has 5 heteroatoms. The number of nitrogens with one attached hydrogen (secondary N) is 1. The van der Waals surface area contributed by atoms with Crippen LogP contribution in [0.5, 0.6) is 0 Å². The normalized spacial score (nSPS) is 17.5. The molecule has 26 heavy (non-hydrogen) atoms. The lowest BCUT2D eigenvalue weighted by atomic mass is 9.98. The van der Waals surface area contributed by atoms with Gasteiger partial charge in [0.1, 0.15) is 5.58 Å². The van der Waals surface area contributed by atoms with E-state index in [0.717, 1.165) is 59.9 Å². The van der Waals surface area contributed by atoms with Gasteiger partial charge in [-0.2, -0.15) is 0 Å². The molecule has 1 N–H and O–H groups in total. The number of carbonyl (C=O) groups excluding carboxylic acids is 2. The third kappa shape index (κ3) is 3.48. The minimum Gasteiger partial charge on any atom is -0.450 e. The van der Waals surface area contributed by atoms with Gasteiger partial charge in [0, 0.05) is 37.0 Å². The summed E-state index contributed by atoms with van der Waals surface area (Å²) in [5.74, 6) is 0.404. The summed E-state index contributed by atoms with van der Waals surface area (Å²) in [6, 6.07) is 4.27. The number of fused-ring (bicyclic) bond motifs is 1.